The van der Waals surface area contributed by atoms with E-state index in [9.17, 15) is 0 Å². The molecule has 1 saturated carbocycles. The molecule has 0 spiro atoms. The molecule has 2 atom stereocenters. The minimum Gasteiger partial charge on any atom is -0.0776 e. The first-order chi connectivity index (χ1) is 7.04. The quantitative estimate of drug-likeness (QED) is 0.431. The summed E-state index contributed by atoms with van der Waals surface area (Å²) in [6, 6.07) is 0. The molecule has 0 aromatic carbocycles. The van der Waals surface area contributed by atoms with E-state index in [2.05, 4.69) is 34.6 Å². The van der Waals surface area contributed by atoms with Gasteiger partial charge in [-0.25, -0.2) is 0 Å². The van der Waals surface area contributed by atoms with Crippen LogP contribution in [-0.4, -0.2) is 0 Å². The van der Waals surface area contributed by atoms with E-state index in [4.69, 9.17) is 0 Å². The van der Waals surface area contributed by atoms with Crippen LogP contribution in [0.5, 0.6) is 0 Å². The first-order valence-electron chi connectivity index (χ1n) is 7.04. The van der Waals surface area contributed by atoms with Crippen LogP contribution in [0.2, 0.25) is 0 Å². The molecule has 0 radical (unpaired) electrons. The summed E-state index contributed by atoms with van der Waals surface area (Å²) in [4.78, 5) is 0. The lowest BCUT2D eigenvalue weighted by molar-refractivity contribution is 0.457. The summed E-state index contributed by atoms with van der Waals surface area (Å²) in [5.74, 6) is 2.86. The second-order valence-electron chi connectivity index (χ2n) is 4.62. The Kier molecular flexibility index (Phi) is 31.9. The monoisotopic (exact) mass is 232 g/mol. The highest BCUT2D eigenvalue weighted by Crippen LogP contribution is 2.29. The number of rotatable bonds is 0. The third-order valence-corrected chi connectivity index (χ3v) is 2.29. The van der Waals surface area contributed by atoms with Crippen LogP contribution < -0.4 is 0 Å². The summed E-state index contributed by atoms with van der Waals surface area (Å²) in [5.41, 5.74) is 0. The zero-order chi connectivity index (χ0) is 12.9. The van der Waals surface area contributed by atoms with Crippen molar-refractivity contribution in [2.75, 3.05) is 0 Å². The molecule has 1 fully saturated rings. The van der Waals surface area contributed by atoms with Gasteiger partial charge in [0.05, 0.1) is 0 Å². The molecular formula is C16H40. The summed E-state index contributed by atoms with van der Waals surface area (Å²) in [6.45, 7) is 19.2. The molecule has 0 bridgehead atoms. The maximum atomic E-state index is 2.36. The highest BCUT2D eigenvalue weighted by Gasteiger charge is 2.17. The Morgan fingerprint density at radius 3 is 1.00 bits per heavy atom. The lowest BCUT2D eigenvalue weighted by atomic mass is 10.0. The first kappa shape index (κ1) is 25.0. The van der Waals surface area contributed by atoms with Gasteiger partial charge < -0.3 is 0 Å². The van der Waals surface area contributed by atoms with Crippen molar-refractivity contribution >= 4 is 0 Å². The van der Waals surface area contributed by atoms with E-state index in [1.807, 2.05) is 27.7 Å². The van der Waals surface area contributed by atoms with Crippen molar-refractivity contribution in [1.82, 2.24) is 0 Å². The Morgan fingerprint density at radius 1 is 0.750 bits per heavy atom. The molecule has 0 amide bonds. The molecule has 0 saturated heterocycles. The lowest BCUT2D eigenvalue weighted by Gasteiger charge is -2.05. The van der Waals surface area contributed by atoms with Gasteiger partial charge in [0.25, 0.3) is 0 Å². The molecule has 104 valence electrons. The van der Waals surface area contributed by atoms with Gasteiger partial charge in [-0.1, -0.05) is 89.0 Å². The highest BCUT2D eigenvalue weighted by atomic mass is 14.2. The molecule has 0 aromatic rings. The summed E-state index contributed by atoms with van der Waals surface area (Å²) < 4.78 is 0. The average Bonchev–Trinajstić information content (AvgIpc) is 2.57. The maximum absolute atomic E-state index is 2.36. The summed E-state index contributed by atoms with van der Waals surface area (Å²) in [5, 5.41) is 0. The Morgan fingerprint density at radius 2 is 0.938 bits per heavy atom. The van der Waals surface area contributed by atoms with E-state index >= 15 is 0 Å². The molecule has 16 heavy (non-hydrogen) atoms. The van der Waals surface area contributed by atoms with Crippen molar-refractivity contribution in [1.29, 1.82) is 0 Å². The predicted molar refractivity (Wildman–Crippen MR) is 82.1 cm³/mol. The second kappa shape index (κ2) is 20.4. The molecule has 0 heteroatoms. The molecule has 2 unspecified atom stereocenters. The van der Waals surface area contributed by atoms with Gasteiger partial charge in [0, 0.05) is 0 Å². The smallest absolute Gasteiger partial charge is 0.0417 e. The standard InChI is InChI=1S/C7H14.C4H10.2C2H6.CH4/c1-6-4-3-5-7(6)2;1-4(2)3;2*1-2;/h6-7H,3-5H2,1-2H3;4H,1-3H3;2*1-2H3;1H4. The fourth-order valence-electron chi connectivity index (χ4n) is 1.33. The normalized spacial score (nSPS) is 21.4. The second-order valence-corrected chi connectivity index (χ2v) is 4.62. The molecular weight excluding hydrogens is 192 g/mol. The van der Waals surface area contributed by atoms with E-state index in [0.29, 0.717) is 0 Å². The lowest BCUT2D eigenvalue weighted by Crippen LogP contribution is -1.95. The minimum absolute atomic E-state index is 0. The fraction of sp³-hybridized carbons (Fsp3) is 1.00. The number of hydrogen-bond acceptors (Lipinski definition) is 0. The topological polar surface area (TPSA) is 0 Å². The van der Waals surface area contributed by atoms with Crippen LogP contribution in [0.25, 0.3) is 0 Å². The molecule has 1 rings (SSSR count). The van der Waals surface area contributed by atoms with E-state index in [1.54, 1.807) is 0 Å². The van der Waals surface area contributed by atoms with Gasteiger partial charge in [0.1, 0.15) is 0 Å². The first-order valence-corrected chi connectivity index (χ1v) is 7.04. The van der Waals surface area contributed by atoms with Crippen molar-refractivity contribution < 1.29 is 0 Å². The van der Waals surface area contributed by atoms with E-state index in [0.717, 1.165) is 17.8 Å². The van der Waals surface area contributed by atoms with Gasteiger partial charge in [-0.2, -0.15) is 0 Å². The molecule has 0 N–H and O–H groups in total. The van der Waals surface area contributed by atoms with Crippen LogP contribution in [0.15, 0.2) is 0 Å². The van der Waals surface area contributed by atoms with E-state index in [1.165, 1.54) is 19.3 Å². The highest BCUT2D eigenvalue weighted by molar-refractivity contribution is 4.69. The molecule has 1 aliphatic carbocycles. The molecule has 0 aliphatic heterocycles. The minimum atomic E-state index is 0. The van der Waals surface area contributed by atoms with Crippen LogP contribution in [0.3, 0.4) is 0 Å². The molecule has 0 aromatic heterocycles. The Hall–Kier alpha value is 0. The van der Waals surface area contributed by atoms with Gasteiger partial charge in [0.2, 0.25) is 0 Å². The Balaban J connectivity index is -0.0000000702. The van der Waals surface area contributed by atoms with Gasteiger partial charge in [-0.3, -0.25) is 0 Å². The van der Waals surface area contributed by atoms with E-state index < -0.39 is 0 Å². The van der Waals surface area contributed by atoms with Crippen molar-refractivity contribution in [3.8, 4) is 0 Å². The van der Waals surface area contributed by atoms with Gasteiger partial charge in [0.15, 0.2) is 0 Å². The Bertz CT molecular complexity index is 73.3. The summed E-state index contributed by atoms with van der Waals surface area (Å²) in [6.07, 6.45) is 4.42. The summed E-state index contributed by atoms with van der Waals surface area (Å²) >= 11 is 0. The summed E-state index contributed by atoms with van der Waals surface area (Å²) in [7, 11) is 0. The zero-order valence-corrected chi connectivity index (χ0v) is 12.9. The predicted octanol–water partition coefficient (Wildman–Crippen LogP) is 6.79. The molecule has 1 aliphatic rings. The number of hydrogen-bond donors (Lipinski definition) is 0. The fourth-order valence-corrected chi connectivity index (χ4v) is 1.33. The molecule has 0 heterocycles. The van der Waals surface area contributed by atoms with Crippen molar-refractivity contribution in [3.05, 3.63) is 0 Å². The SMILES string of the molecule is C.CC.CC.CC(C)C.CC1CCCC1C. The van der Waals surface area contributed by atoms with Crippen molar-refractivity contribution in [3.63, 3.8) is 0 Å². The zero-order valence-electron chi connectivity index (χ0n) is 12.9. The van der Waals surface area contributed by atoms with Gasteiger partial charge in [-0.15, -0.1) is 0 Å². The van der Waals surface area contributed by atoms with Crippen LogP contribution in [0, 0.1) is 17.8 Å². The molecule has 0 nitrogen and oxygen atoms in total. The largest absolute Gasteiger partial charge is 0.0776 e. The third-order valence-electron chi connectivity index (χ3n) is 2.29. The maximum Gasteiger partial charge on any atom is -0.0417 e. The van der Waals surface area contributed by atoms with Gasteiger partial charge >= 0.3 is 0 Å². The van der Waals surface area contributed by atoms with E-state index in [-0.39, 0.29) is 7.43 Å². The van der Waals surface area contributed by atoms with Crippen molar-refractivity contribution in [2.45, 2.75) is 89.0 Å². The van der Waals surface area contributed by atoms with Crippen LogP contribution in [-0.2, 0) is 0 Å². The van der Waals surface area contributed by atoms with Crippen LogP contribution in [0.1, 0.15) is 89.0 Å². The van der Waals surface area contributed by atoms with Gasteiger partial charge in [-0.05, 0) is 17.8 Å². The third kappa shape index (κ3) is 23.7. The Labute approximate surface area is 107 Å². The van der Waals surface area contributed by atoms with Crippen LogP contribution in [0.4, 0.5) is 0 Å². The van der Waals surface area contributed by atoms with Crippen molar-refractivity contribution in [2.24, 2.45) is 17.8 Å². The average molecular weight is 232 g/mol. The van der Waals surface area contributed by atoms with Crippen LogP contribution >= 0.6 is 0 Å².